The van der Waals surface area contributed by atoms with Crippen LogP contribution in [-0.4, -0.2) is 23.8 Å². The van der Waals surface area contributed by atoms with Crippen molar-refractivity contribution in [2.24, 2.45) is 0 Å². The summed E-state index contributed by atoms with van der Waals surface area (Å²) in [6.07, 6.45) is 0.931. The summed E-state index contributed by atoms with van der Waals surface area (Å²) < 4.78 is 11.3. The van der Waals surface area contributed by atoms with Gasteiger partial charge < -0.3 is 14.3 Å². The molecule has 5 nitrogen and oxygen atoms in total. The summed E-state index contributed by atoms with van der Waals surface area (Å²) in [5.41, 5.74) is 2.17. The molecule has 1 unspecified atom stereocenters. The lowest BCUT2D eigenvalue weighted by atomic mass is 9.97. The molecule has 1 aliphatic heterocycles. The van der Waals surface area contributed by atoms with Crippen molar-refractivity contribution in [2.45, 2.75) is 19.4 Å². The number of ether oxygens (including phenoxy) is 1. The number of hydrogen-bond acceptors (Lipinski definition) is 4. The largest absolute Gasteiger partial charge is 0.478 e. The highest BCUT2D eigenvalue weighted by Gasteiger charge is 2.25. The van der Waals surface area contributed by atoms with Crippen molar-refractivity contribution in [1.29, 1.82) is 0 Å². The number of benzene rings is 2. The standard InChI is InChI=1S/C20H16O5/c1-11-17(21)15-7-4-8-16(20(22)23)19(15)25-18(11)14-6-3-2-5-12(14)9-13-10-24-13/h2-8,13H,9-10H2,1H3,(H,22,23). The van der Waals surface area contributed by atoms with Crippen molar-refractivity contribution in [3.63, 3.8) is 0 Å². The molecule has 1 fully saturated rings. The molecular formula is C20H16O5. The van der Waals surface area contributed by atoms with Crippen LogP contribution in [0.3, 0.4) is 0 Å². The second-order valence-corrected chi connectivity index (χ2v) is 6.19. The van der Waals surface area contributed by atoms with E-state index in [1.165, 1.54) is 6.07 Å². The Balaban J connectivity index is 2.00. The summed E-state index contributed by atoms with van der Waals surface area (Å²) in [5.74, 6) is -0.703. The SMILES string of the molecule is Cc1c(-c2ccccc2CC2CO2)oc2c(C(=O)O)cccc2c1=O. The lowest BCUT2D eigenvalue weighted by molar-refractivity contribution is 0.0698. The van der Waals surface area contributed by atoms with Gasteiger partial charge in [-0.05, 0) is 24.6 Å². The monoisotopic (exact) mass is 336 g/mol. The molecule has 4 rings (SSSR count). The van der Waals surface area contributed by atoms with Crippen molar-refractivity contribution in [3.05, 3.63) is 69.4 Å². The van der Waals surface area contributed by atoms with Gasteiger partial charge in [0, 0.05) is 17.5 Å². The highest BCUT2D eigenvalue weighted by Crippen LogP contribution is 2.31. The van der Waals surface area contributed by atoms with Crippen LogP contribution in [0.5, 0.6) is 0 Å². The summed E-state index contributed by atoms with van der Waals surface area (Å²) in [4.78, 5) is 24.3. The van der Waals surface area contributed by atoms with Gasteiger partial charge in [-0.25, -0.2) is 4.79 Å². The normalized spacial score (nSPS) is 16.1. The Morgan fingerprint density at radius 1 is 1.20 bits per heavy atom. The molecule has 0 radical (unpaired) electrons. The fourth-order valence-corrected chi connectivity index (χ4v) is 3.09. The van der Waals surface area contributed by atoms with Crippen LogP contribution in [0.15, 0.2) is 51.7 Å². The summed E-state index contributed by atoms with van der Waals surface area (Å²) in [7, 11) is 0. The van der Waals surface area contributed by atoms with Crippen molar-refractivity contribution < 1.29 is 19.1 Å². The van der Waals surface area contributed by atoms with Crippen molar-refractivity contribution in [1.82, 2.24) is 0 Å². The fourth-order valence-electron chi connectivity index (χ4n) is 3.09. The minimum atomic E-state index is -1.12. The highest BCUT2D eigenvalue weighted by atomic mass is 16.6. The molecule has 2 aromatic carbocycles. The first-order valence-electron chi connectivity index (χ1n) is 8.06. The van der Waals surface area contributed by atoms with Crippen molar-refractivity contribution in [3.8, 4) is 11.3 Å². The molecule has 0 amide bonds. The molecule has 0 aliphatic carbocycles. The maximum absolute atomic E-state index is 12.8. The van der Waals surface area contributed by atoms with Gasteiger partial charge in [-0.3, -0.25) is 4.79 Å². The molecule has 25 heavy (non-hydrogen) atoms. The second-order valence-electron chi connectivity index (χ2n) is 6.19. The van der Waals surface area contributed by atoms with E-state index in [0.717, 1.165) is 24.2 Å². The van der Waals surface area contributed by atoms with E-state index < -0.39 is 5.97 Å². The van der Waals surface area contributed by atoms with E-state index in [4.69, 9.17) is 9.15 Å². The minimum Gasteiger partial charge on any atom is -0.478 e. The molecule has 0 spiro atoms. The second kappa shape index (κ2) is 5.86. The van der Waals surface area contributed by atoms with E-state index in [0.29, 0.717) is 11.3 Å². The number of aromatic carboxylic acids is 1. The molecule has 1 saturated heterocycles. The summed E-state index contributed by atoms with van der Waals surface area (Å²) >= 11 is 0. The molecule has 5 heteroatoms. The number of epoxide rings is 1. The number of carbonyl (C=O) groups is 1. The van der Waals surface area contributed by atoms with E-state index in [2.05, 4.69) is 0 Å². The van der Waals surface area contributed by atoms with E-state index in [-0.39, 0.29) is 28.1 Å². The molecule has 2 heterocycles. The third-order valence-electron chi connectivity index (χ3n) is 4.49. The molecule has 1 N–H and O–H groups in total. The Morgan fingerprint density at radius 3 is 2.68 bits per heavy atom. The van der Waals surface area contributed by atoms with Crippen LogP contribution in [0, 0.1) is 6.92 Å². The molecule has 1 aliphatic rings. The number of hydrogen-bond donors (Lipinski definition) is 1. The number of fused-ring (bicyclic) bond motifs is 1. The van der Waals surface area contributed by atoms with Crippen LogP contribution >= 0.6 is 0 Å². The Labute approximate surface area is 143 Å². The smallest absolute Gasteiger partial charge is 0.339 e. The van der Waals surface area contributed by atoms with Crippen LogP contribution in [0.4, 0.5) is 0 Å². The van der Waals surface area contributed by atoms with E-state index in [1.54, 1.807) is 19.1 Å². The van der Waals surface area contributed by atoms with Crippen LogP contribution in [0.1, 0.15) is 21.5 Å². The van der Waals surface area contributed by atoms with E-state index in [1.807, 2.05) is 24.3 Å². The van der Waals surface area contributed by atoms with Gasteiger partial charge in [0.15, 0.2) is 11.0 Å². The predicted octanol–water partition coefficient (Wildman–Crippen LogP) is 3.41. The van der Waals surface area contributed by atoms with Crippen molar-refractivity contribution >= 4 is 16.9 Å². The first kappa shape index (κ1) is 15.6. The Morgan fingerprint density at radius 2 is 1.96 bits per heavy atom. The quantitative estimate of drug-likeness (QED) is 0.739. The average Bonchev–Trinajstić information content (AvgIpc) is 3.42. The molecule has 126 valence electrons. The fraction of sp³-hybridized carbons (Fsp3) is 0.200. The van der Waals surface area contributed by atoms with Gasteiger partial charge in [0.1, 0.15) is 11.3 Å². The van der Waals surface area contributed by atoms with Crippen LogP contribution in [0.2, 0.25) is 0 Å². The summed E-state index contributed by atoms with van der Waals surface area (Å²) in [6, 6.07) is 12.3. The number of carboxylic acid groups (broad SMARTS) is 1. The van der Waals surface area contributed by atoms with Crippen LogP contribution in [-0.2, 0) is 11.2 Å². The summed E-state index contributed by atoms with van der Waals surface area (Å²) in [6.45, 7) is 2.44. The highest BCUT2D eigenvalue weighted by molar-refractivity contribution is 6.01. The zero-order chi connectivity index (χ0) is 17.6. The van der Waals surface area contributed by atoms with Gasteiger partial charge >= 0.3 is 5.97 Å². The van der Waals surface area contributed by atoms with Gasteiger partial charge in [0.25, 0.3) is 0 Å². The molecule has 3 aromatic rings. The zero-order valence-electron chi connectivity index (χ0n) is 13.6. The molecule has 1 atom stereocenters. The van der Waals surface area contributed by atoms with Crippen LogP contribution < -0.4 is 5.43 Å². The van der Waals surface area contributed by atoms with Gasteiger partial charge in [0.05, 0.1) is 18.1 Å². The Bertz CT molecular complexity index is 1040. The molecule has 1 aromatic heterocycles. The molecule has 0 bridgehead atoms. The predicted molar refractivity (Wildman–Crippen MR) is 93.1 cm³/mol. The van der Waals surface area contributed by atoms with Gasteiger partial charge in [-0.2, -0.15) is 0 Å². The third-order valence-corrected chi connectivity index (χ3v) is 4.49. The lowest BCUT2D eigenvalue weighted by Gasteiger charge is -2.12. The number of para-hydroxylation sites is 1. The van der Waals surface area contributed by atoms with E-state index >= 15 is 0 Å². The topological polar surface area (TPSA) is 80.0 Å². The van der Waals surface area contributed by atoms with Gasteiger partial charge in [-0.1, -0.05) is 30.3 Å². The summed E-state index contributed by atoms with van der Waals surface area (Å²) in [5, 5.41) is 9.69. The number of rotatable bonds is 4. The first-order valence-corrected chi connectivity index (χ1v) is 8.06. The average molecular weight is 336 g/mol. The minimum absolute atomic E-state index is 0.0149. The zero-order valence-corrected chi connectivity index (χ0v) is 13.6. The number of carboxylic acids is 1. The molecule has 0 saturated carbocycles. The Kier molecular flexibility index (Phi) is 3.66. The first-order chi connectivity index (χ1) is 12.1. The maximum Gasteiger partial charge on any atom is 0.339 e. The Hall–Kier alpha value is -2.92. The molecular weight excluding hydrogens is 320 g/mol. The lowest BCUT2D eigenvalue weighted by Crippen LogP contribution is -2.10. The van der Waals surface area contributed by atoms with Gasteiger partial charge in [0.2, 0.25) is 0 Å². The van der Waals surface area contributed by atoms with Crippen molar-refractivity contribution in [2.75, 3.05) is 6.61 Å². The van der Waals surface area contributed by atoms with Gasteiger partial charge in [-0.15, -0.1) is 0 Å². The third kappa shape index (κ3) is 2.72. The maximum atomic E-state index is 12.8. The van der Waals surface area contributed by atoms with Crippen LogP contribution in [0.25, 0.3) is 22.3 Å². The van der Waals surface area contributed by atoms with E-state index in [9.17, 15) is 14.7 Å².